The number of carbonyl (C=O) groups is 1. The molecule has 0 fully saturated rings. The van der Waals surface area contributed by atoms with Crippen LogP contribution < -0.4 is 19.7 Å². The molecule has 0 saturated heterocycles. The third-order valence-electron chi connectivity index (χ3n) is 5.00. The summed E-state index contributed by atoms with van der Waals surface area (Å²) in [6, 6.07) is 19.7. The Labute approximate surface area is 200 Å². The molecule has 0 aliphatic heterocycles. The number of carbonyl (C=O) groups excluding carboxylic acids is 1. The Morgan fingerprint density at radius 1 is 0.853 bits per heavy atom. The van der Waals surface area contributed by atoms with E-state index in [2.05, 4.69) is 5.32 Å². The van der Waals surface area contributed by atoms with E-state index in [9.17, 15) is 4.79 Å². The van der Waals surface area contributed by atoms with Gasteiger partial charge in [-0.05, 0) is 74.4 Å². The molecular weight excluding hydrogens is 435 g/mol. The standard InChI is InChI=1S/C27H31FN2O4/c1-27(2,3)34-26(31)29-21-10-15-24(28)25(16-21)30(17-19-6-11-22(32-4)12-7-19)18-20-8-13-23(33-5)14-9-20/h6-16H,17-18H2,1-5H3,(H,29,31). The van der Waals surface area contributed by atoms with E-state index in [1.165, 1.54) is 12.1 Å². The van der Waals surface area contributed by atoms with E-state index in [4.69, 9.17) is 14.2 Å². The van der Waals surface area contributed by atoms with Crippen molar-refractivity contribution in [1.82, 2.24) is 0 Å². The normalized spacial score (nSPS) is 11.0. The van der Waals surface area contributed by atoms with Gasteiger partial charge in [-0.1, -0.05) is 24.3 Å². The van der Waals surface area contributed by atoms with Gasteiger partial charge < -0.3 is 19.1 Å². The summed E-state index contributed by atoms with van der Waals surface area (Å²) in [5, 5.41) is 2.69. The minimum absolute atomic E-state index is 0.361. The molecule has 0 radical (unpaired) electrons. The molecule has 3 aromatic carbocycles. The fourth-order valence-corrected chi connectivity index (χ4v) is 3.38. The number of ether oxygens (including phenoxy) is 3. The van der Waals surface area contributed by atoms with Crippen LogP contribution in [0.3, 0.4) is 0 Å². The predicted molar refractivity (Wildman–Crippen MR) is 132 cm³/mol. The molecule has 1 N–H and O–H groups in total. The second kappa shape index (κ2) is 10.9. The van der Waals surface area contributed by atoms with Crippen LogP contribution in [0.25, 0.3) is 0 Å². The van der Waals surface area contributed by atoms with E-state index >= 15 is 4.39 Å². The number of hydrogen-bond acceptors (Lipinski definition) is 5. The molecule has 0 aromatic heterocycles. The first-order valence-corrected chi connectivity index (χ1v) is 11.0. The Hall–Kier alpha value is -3.74. The highest BCUT2D eigenvalue weighted by Crippen LogP contribution is 2.28. The molecule has 34 heavy (non-hydrogen) atoms. The number of nitrogens with zero attached hydrogens (tertiary/aromatic N) is 1. The molecule has 0 aliphatic carbocycles. The van der Waals surface area contributed by atoms with Crippen LogP contribution in [0, 0.1) is 5.82 Å². The smallest absolute Gasteiger partial charge is 0.412 e. The largest absolute Gasteiger partial charge is 0.497 e. The van der Waals surface area contributed by atoms with E-state index in [0.29, 0.717) is 24.5 Å². The molecule has 3 rings (SSSR count). The summed E-state index contributed by atoms with van der Waals surface area (Å²) in [7, 11) is 3.23. The van der Waals surface area contributed by atoms with Crippen molar-refractivity contribution in [2.45, 2.75) is 39.5 Å². The fourth-order valence-electron chi connectivity index (χ4n) is 3.38. The van der Waals surface area contributed by atoms with E-state index in [1.54, 1.807) is 41.1 Å². The van der Waals surface area contributed by atoms with Crippen LogP contribution in [0.2, 0.25) is 0 Å². The Kier molecular flexibility index (Phi) is 7.99. The van der Waals surface area contributed by atoms with Gasteiger partial charge in [0.1, 0.15) is 22.9 Å². The molecule has 1 amide bonds. The van der Waals surface area contributed by atoms with Crippen LogP contribution >= 0.6 is 0 Å². The third kappa shape index (κ3) is 7.13. The van der Waals surface area contributed by atoms with Crippen LogP contribution in [-0.2, 0) is 17.8 Å². The fraction of sp³-hybridized carbons (Fsp3) is 0.296. The van der Waals surface area contributed by atoms with Crippen molar-refractivity contribution in [3.8, 4) is 11.5 Å². The summed E-state index contributed by atoms with van der Waals surface area (Å²) in [6.45, 7) is 6.25. The molecular formula is C27H31FN2O4. The Balaban J connectivity index is 1.90. The van der Waals surface area contributed by atoms with E-state index in [1.807, 2.05) is 53.4 Å². The van der Waals surface area contributed by atoms with Gasteiger partial charge in [0.25, 0.3) is 0 Å². The number of methoxy groups -OCH3 is 2. The first kappa shape index (κ1) is 24.9. The lowest BCUT2D eigenvalue weighted by Crippen LogP contribution is -2.27. The van der Waals surface area contributed by atoms with Crippen molar-refractivity contribution in [2.24, 2.45) is 0 Å². The number of amides is 1. The number of nitrogens with one attached hydrogen (secondary N) is 1. The number of halogens is 1. The van der Waals surface area contributed by atoms with E-state index in [-0.39, 0.29) is 0 Å². The van der Waals surface area contributed by atoms with Gasteiger partial charge in [-0.2, -0.15) is 0 Å². The zero-order chi connectivity index (χ0) is 24.7. The summed E-state index contributed by atoms with van der Waals surface area (Å²) in [4.78, 5) is 14.1. The quantitative estimate of drug-likeness (QED) is 0.416. The summed E-state index contributed by atoms with van der Waals surface area (Å²) in [6.07, 6.45) is -0.595. The van der Waals surface area contributed by atoms with Crippen molar-refractivity contribution in [3.63, 3.8) is 0 Å². The molecule has 3 aromatic rings. The van der Waals surface area contributed by atoms with Gasteiger partial charge in [-0.25, -0.2) is 9.18 Å². The van der Waals surface area contributed by atoms with Gasteiger partial charge in [0.2, 0.25) is 0 Å². The lowest BCUT2D eigenvalue weighted by Gasteiger charge is -2.27. The third-order valence-corrected chi connectivity index (χ3v) is 5.00. The van der Waals surface area contributed by atoms with Crippen molar-refractivity contribution in [1.29, 1.82) is 0 Å². The molecule has 0 bridgehead atoms. The van der Waals surface area contributed by atoms with Gasteiger partial charge in [-0.15, -0.1) is 0 Å². The highest BCUT2D eigenvalue weighted by atomic mass is 19.1. The highest BCUT2D eigenvalue weighted by molar-refractivity contribution is 5.85. The highest BCUT2D eigenvalue weighted by Gasteiger charge is 2.18. The zero-order valence-electron chi connectivity index (χ0n) is 20.2. The van der Waals surface area contributed by atoms with Crippen molar-refractivity contribution < 1.29 is 23.4 Å². The second-order valence-electron chi connectivity index (χ2n) is 8.85. The summed E-state index contributed by atoms with van der Waals surface area (Å²) < 4.78 is 30.9. The lowest BCUT2D eigenvalue weighted by molar-refractivity contribution is 0.0636. The van der Waals surface area contributed by atoms with Gasteiger partial charge in [-0.3, -0.25) is 5.32 Å². The molecule has 0 unspecified atom stereocenters. The Morgan fingerprint density at radius 2 is 1.35 bits per heavy atom. The molecule has 0 aliphatic rings. The maximum absolute atomic E-state index is 15.0. The van der Waals surface area contributed by atoms with Gasteiger partial charge >= 0.3 is 6.09 Å². The Bertz CT molecular complexity index is 1040. The predicted octanol–water partition coefficient (Wildman–Crippen LogP) is 6.40. The molecule has 7 heteroatoms. The maximum atomic E-state index is 15.0. The summed E-state index contributed by atoms with van der Waals surface area (Å²) in [5.74, 6) is 1.11. The Morgan fingerprint density at radius 3 is 1.79 bits per heavy atom. The molecule has 6 nitrogen and oxygen atoms in total. The molecule has 0 heterocycles. The SMILES string of the molecule is COc1ccc(CN(Cc2ccc(OC)cc2)c2cc(NC(=O)OC(C)(C)C)ccc2F)cc1. The molecule has 0 atom stereocenters. The van der Waals surface area contributed by atoms with E-state index < -0.39 is 17.5 Å². The number of hydrogen-bond donors (Lipinski definition) is 1. The first-order chi connectivity index (χ1) is 16.2. The van der Waals surface area contributed by atoms with Crippen LogP contribution in [0.1, 0.15) is 31.9 Å². The number of rotatable bonds is 8. The lowest BCUT2D eigenvalue weighted by atomic mass is 10.1. The molecule has 0 spiro atoms. The van der Waals surface area contributed by atoms with Crippen molar-refractivity contribution in [2.75, 3.05) is 24.4 Å². The second-order valence-corrected chi connectivity index (χ2v) is 8.85. The monoisotopic (exact) mass is 466 g/mol. The van der Waals surface area contributed by atoms with Gasteiger partial charge in [0.05, 0.1) is 19.9 Å². The van der Waals surface area contributed by atoms with Gasteiger partial charge in [0.15, 0.2) is 0 Å². The average molecular weight is 467 g/mol. The van der Waals surface area contributed by atoms with Crippen LogP contribution in [0.15, 0.2) is 66.7 Å². The van der Waals surface area contributed by atoms with Gasteiger partial charge in [0, 0.05) is 18.8 Å². The molecule has 0 saturated carbocycles. The van der Waals surface area contributed by atoms with Crippen LogP contribution in [-0.4, -0.2) is 25.9 Å². The van der Waals surface area contributed by atoms with Crippen molar-refractivity contribution in [3.05, 3.63) is 83.7 Å². The zero-order valence-corrected chi connectivity index (χ0v) is 20.2. The first-order valence-electron chi connectivity index (χ1n) is 11.0. The van der Waals surface area contributed by atoms with Crippen molar-refractivity contribution >= 4 is 17.5 Å². The minimum Gasteiger partial charge on any atom is -0.497 e. The summed E-state index contributed by atoms with van der Waals surface area (Å²) in [5.41, 5.74) is 2.14. The minimum atomic E-state index is -0.637. The maximum Gasteiger partial charge on any atom is 0.412 e. The topological polar surface area (TPSA) is 60.0 Å². The van der Waals surface area contributed by atoms with Crippen LogP contribution in [0.5, 0.6) is 11.5 Å². The average Bonchev–Trinajstić information content (AvgIpc) is 2.79. The molecule has 180 valence electrons. The summed E-state index contributed by atoms with van der Waals surface area (Å²) >= 11 is 0. The number of anilines is 2. The van der Waals surface area contributed by atoms with Crippen LogP contribution in [0.4, 0.5) is 20.6 Å². The van der Waals surface area contributed by atoms with E-state index in [0.717, 1.165) is 22.6 Å². The number of benzene rings is 3.